The lowest BCUT2D eigenvalue weighted by atomic mass is 9.91. The Morgan fingerprint density at radius 1 is 1.21 bits per heavy atom. The van der Waals surface area contributed by atoms with E-state index in [9.17, 15) is 0 Å². The van der Waals surface area contributed by atoms with Gasteiger partial charge in [-0.2, -0.15) is 0 Å². The van der Waals surface area contributed by atoms with Crippen LogP contribution in [0.3, 0.4) is 0 Å². The zero-order valence-corrected chi connectivity index (χ0v) is 11.5. The summed E-state index contributed by atoms with van der Waals surface area (Å²) in [6.07, 6.45) is 4.59. The third-order valence-electron chi connectivity index (χ3n) is 4.07. The number of hydrogen-bond acceptors (Lipinski definition) is 3. The van der Waals surface area contributed by atoms with Gasteiger partial charge in [0.2, 0.25) is 0 Å². The van der Waals surface area contributed by atoms with Crippen LogP contribution >= 0.6 is 0 Å². The highest BCUT2D eigenvalue weighted by molar-refractivity contribution is 5.13. The zero-order chi connectivity index (χ0) is 12.9. The first-order chi connectivity index (χ1) is 9.42. The minimum Gasteiger partial charge on any atom is -0.375 e. The van der Waals surface area contributed by atoms with Crippen molar-refractivity contribution in [1.82, 2.24) is 4.90 Å². The molecule has 1 aliphatic carbocycles. The summed E-state index contributed by atoms with van der Waals surface area (Å²) in [4.78, 5) is 2.56. The lowest BCUT2D eigenvalue weighted by Gasteiger charge is -2.37. The average molecular weight is 261 g/mol. The van der Waals surface area contributed by atoms with Gasteiger partial charge in [0.05, 0.1) is 25.9 Å². The van der Waals surface area contributed by atoms with Gasteiger partial charge < -0.3 is 9.47 Å². The second-order valence-corrected chi connectivity index (χ2v) is 5.57. The van der Waals surface area contributed by atoms with E-state index in [-0.39, 0.29) is 0 Å². The molecule has 1 aromatic rings. The van der Waals surface area contributed by atoms with E-state index in [4.69, 9.17) is 9.47 Å². The van der Waals surface area contributed by atoms with Gasteiger partial charge in [-0.3, -0.25) is 4.90 Å². The summed E-state index contributed by atoms with van der Waals surface area (Å²) in [5.41, 5.74) is 1.25. The molecule has 3 nitrogen and oxygen atoms in total. The lowest BCUT2D eigenvalue weighted by molar-refractivity contribution is 0.0535. The van der Waals surface area contributed by atoms with E-state index in [1.165, 1.54) is 24.8 Å². The van der Waals surface area contributed by atoms with Gasteiger partial charge in [0.15, 0.2) is 0 Å². The number of benzene rings is 1. The third-order valence-corrected chi connectivity index (χ3v) is 4.07. The molecule has 19 heavy (non-hydrogen) atoms. The molecule has 2 fully saturated rings. The molecule has 1 aromatic carbocycles. The van der Waals surface area contributed by atoms with E-state index in [2.05, 4.69) is 29.2 Å². The van der Waals surface area contributed by atoms with Crippen molar-refractivity contribution in [3.05, 3.63) is 35.9 Å². The summed E-state index contributed by atoms with van der Waals surface area (Å²) < 4.78 is 11.1. The van der Waals surface area contributed by atoms with E-state index in [1.807, 2.05) is 6.07 Å². The maximum Gasteiger partial charge on any atom is 0.0936 e. The quantitative estimate of drug-likeness (QED) is 0.531. The van der Waals surface area contributed by atoms with E-state index >= 15 is 0 Å². The van der Waals surface area contributed by atoms with E-state index in [1.54, 1.807) is 0 Å². The molecule has 1 atom stereocenters. The first kappa shape index (κ1) is 13.1. The van der Waals surface area contributed by atoms with Crippen LogP contribution in [0.1, 0.15) is 24.8 Å². The van der Waals surface area contributed by atoms with Crippen LogP contribution in [0.15, 0.2) is 30.3 Å². The molecule has 0 spiro atoms. The maximum atomic E-state index is 5.79. The molecule has 0 radical (unpaired) electrons. The molecule has 1 heterocycles. The molecule has 0 bridgehead atoms. The van der Waals surface area contributed by atoms with Crippen molar-refractivity contribution in [1.29, 1.82) is 0 Å². The molecule has 1 unspecified atom stereocenters. The van der Waals surface area contributed by atoms with Crippen LogP contribution < -0.4 is 0 Å². The highest BCUT2D eigenvalue weighted by Crippen LogP contribution is 2.26. The van der Waals surface area contributed by atoms with Crippen molar-refractivity contribution < 1.29 is 9.47 Å². The molecular weight excluding hydrogens is 238 g/mol. The molecule has 104 valence electrons. The monoisotopic (exact) mass is 261 g/mol. The Kier molecular flexibility index (Phi) is 4.49. The Hall–Kier alpha value is -0.900. The number of epoxide rings is 1. The fraction of sp³-hybridized carbons (Fsp3) is 0.625. The number of nitrogens with zero attached hydrogens (tertiary/aromatic N) is 1. The van der Waals surface area contributed by atoms with E-state index in [0.717, 1.165) is 39.0 Å². The van der Waals surface area contributed by atoms with Gasteiger partial charge in [-0.15, -0.1) is 0 Å². The molecule has 1 saturated carbocycles. The van der Waals surface area contributed by atoms with Crippen molar-refractivity contribution in [3.8, 4) is 0 Å². The molecule has 0 N–H and O–H groups in total. The van der Waals surface area contributed by atoms with Gasteiger partial charge in [0.1, 0.15) is 0 Å². The number of rotatable bonds is 8. The van der Waals surface area contributed by atoms with Crippen LogP contribution in [0, 0.1) is 0 Å². The largest absolute Gasteiger partial charge is 0.375 e. The van der Waals surface area contributed by atoms with Crippen LogP contribution in [0.2, 0.25) is 0 Å². The zero-order valence-electron chi connectivity index (χ0n) is 11.5. The van der Waals surface area contributed by atoms with E-state index < -0.39 is 0 Å². The molecule has 0 aromatic heterocycles. The summed E-state index contributed by atoms with van der Waals surface area (Å²) >= 11 is 0. The van der Waals surface area contributed by atoms with Crippen LogP contribution in [0.4, 0.5) is 0 Å². The number of hydrogen-bond donors (Lipinski definition) is 0. The van der Waals surface area contributed by atoms with Gasteiger partial charge in [0.25, 0.3) is 0 Å². The molecular formula is C16H23NO2. The van der Waals surface area contributed by atoms with Crippen molar-refractivity contribution in [2.45, 2.75) is 38.0 Å². The maximum absolute atomic E-state index is 5.79. The lowest BCUT2D eigenvalue weighted by Crippen LogP contribution is -2.44. The Balaban J connectivity index is 1.36. The average Bonchev–Trinajstić information content (AvgIpc) is 3.17. The Morgan fingerprint density at radius 3 is 2.63 bits per heavy atom. The van der Waals surface area contributed by atoms with Crippen LogP contribution in [-0.2, 0) is 16.1 Å². The predicted molar refractivity (Wildman–Crippen MR) is 75.1 cm³/mol. The summed E-state index contributed by atoms with van der Waals surface area (Å²) in [7, 11) is 0. The Bertz CT molecular complexity index is 374. The standard InChI is InChI=1S/C16H23NO2/c1-2-5-14(6-3-1)12-18-10-9-17(11-16-13-19-16)15-7-4-8-15/h1-3,5-6,15-16H,4,7-13H2. The van der Waals surface area contributed by atoms with Crippen molar-refractivity contribution in [2.75, 3.05) is 26.3 Å². The highest BCUT2D eigenvalue weighted by Gasteiger charge is 2.31. The second kappa shape index (κ2) is 6.51. The molecule has 0 amide bonds. The fourth-order valence-electron chi connectivity index (χ4n) is 2.56. The molecule has 3 rings (SSSR count). The third kappa shape index (κ3) is 4.03. The van der Waals surface area contributed by atoms with Crippen molar-refractivity contribution in [2.24, 2.45) is 0 Å². The van der Waals surface area contributed by atoms with Crippen molar-refractivity contribution in [3.63, 3.8) is 0 Å². The van der Waals surface area contributed by atoms with Crippen LogP contribution in [0.5, 0.6) is 0 Å². The van der Waals surface area contributed by atoms with E-state index in [0.29, 0.717) is 6.10 Å². The smallest absolute Gasteiger partial charge is 0.0936 e. The predicted octanol–water partition coefficient (Wildman–Crippen LogP) is 2.46. The molecule has 2 aliphatic rings. The minimum absolute atomic E-state index is 0.495. The van der Waals surface area contributed by atoms with Crippen LogP contribution in [-0.4, -0.2) is 43.3 Å². The first-order valence-corrected chi connectivity index (χ1v) is 7.39. The van der Waals surface area contributed by atoms with Gasteiger partial charge in [-0.25, -0.2) is 0 Å². The van der Waals surface area contributed by atoms with Crippen molar-refractivity contribution >= 4 is 0 Å². The van der Waals surface area contributed by atoms with Gasteiger partial charge in [-0.05, 0) is 18.4 Å². The second-order valence-electron chi connectivity index (χ2n) is 5.57. The summed E-state index contributed by atoms with van der Waals surface area (Å²) in [5.74, 6) is 0. The Morgan fingerprint density at radius 2 is 2.00 bits per heavy atom. The summed E-state index contributed by atoms with van der Waals surface area (Å²) in [6, 6.07) is 11.2. The molecule has 3 heteroatoms. The van der Waals surface area contributed by atoms with Crippen LogP contribution in [0.25, 0.3) is 0 Å². The van der Waals surface area contributed by atoms with Gasteiger partial charge >= 0.3 is 0 Å². The first-order valence-electron chi connectivity index (χ1n) is 7.39. The normalized spacial score (nSPS) is 22.5. The SMILES string of the molecule is c1ccc(COCCN(CC2CO2)C2CCC2)cc1. The minimum atomic E-state index is 0.495. The number of ether oxygens (including phenoxy) is 2. The summed E-state index contributed by atoms with van der Waals surface area (Å²) in [5, 5.41) is 0. The molecule has 1 saturated heterocycles. The van der Waals surface area contributed by atoms with Gasteiger partial charge in [-0.1, -0.05) is 36.8 Å². The fourth-order valence-corrected chi connectivity index (χ4v) is 2.56. The Labute approximate surface area is 115 Å². The highest BCUT2D eigenvalue weighted by atomic mass is 16.6. The summed E-state index contributed by atoms with van der Waals surface area (Å²) in [6.45, 7) is 4.63. The van der Waals surface area contributed by atoms with Gasteiger partial charge in [0, 0.05) is 19.1 Å². The topological polar surface area (TPSA) is 25.0 Å². The molecule has 1 aliphatic heterocycles.